The molecule has 0 bridgehead atoms. The van der Waals surface area contributed by atoms with Gasteiger partial charge in [-0.3, -0.25) is 9.15 Å². The molecule has 1 aliphatic rings. The summed E-state index contributed by atoms with van der Waals surface area (Å²) in [5.41, 5.74) is 0. The van der Waals surface area contributed by atoms with E-state index in [2.05, 4.69) is 6.92 Å². The summed E-state index contributed by atoms with van der Waals surface area (Å²) in [7, 11) is -2.09. The molecule has 0 aromatic heterocycles. The quantitative estimate of drug-likeness (QED) is 0.0549. The highest BCUT2D eigenvalue weighted by Gasteiger charge is 2.20. The lowest BCUT2D eigenvalue weighted by molar-refractivity contribution is -0.0927. The second-order valence-corrected chi connectivity index (χ2v) is 14.7. The first-order valence-electron chi connectivity index (χ1n) is 16.3. The molecule has 0 aromatic rings. The minimum atomic E-state index is -1.35. The summed E-state index contributed by atoms with van der Waals surface area (Å²) in [5.74, 6) is 0. The SMILES string of the molecule is CCCCCCCCCCCCCCCCCCCCCCCCCCCCCC[SiH]1OO[SiH2]O1. The zero-order chi connectivity index (χ0) is 24.9. The molecule has 0 aliphatic carbocycles. The van der Waals surface area contributed by atoms with Crippen molar-refractivity contribution < 1.29 is 13.3 Å². The van der Waals surface area contributed by atoms with Gasteiger partial charge in [-0.25, -0.2) is 0 Å². The molecular formula is C30H64O3Si2. The molecule has 1 atom stereocenters. The number of hydrogen-bond donors (Lipinski definition) is 0. The molecule has 1 unspecified atom stereocenters. The maximum atomic E-state index is 5.55. The largest absolute Gasteiger partial charge is 0.418 e. The van der Waals surface area contributed by atoms with Crippen molar-refractivity contribution in [3.8, 4) is 0 Å². The van der Waals surface area contributed by atoms with Gasteiger partial charge in [0.2, 0.25) is 0 Å². The van der Waals surface area contributed by atoms with Crippen LogP contribution in [0.4, 0.5) is 0 Å². The van der Waals surface area contributed by atoms with Crippen LogP contribution in [0.2, 0.25) is 6.04 Å². The van der Waals surface area contributed by atoms with E-state index in [-0.39, 0.29) is 0 Å². The molecule has 3 nitrogen and oxygen atoms in total. The molecule has 0 radical (unpaired) electrons. The summed E-state index contributed by atoms with van der Waals surface area (Å²) in [6.45, 7) is 2.30. The van der Waals surface area contributed by atoms with Gasteiger partial charge in [0.1, 0.15) is 0 Å². The zero-order valence-corrected chi connectivity index (χ0v) is 26.6. The lowest BCUT2D eigenvalue weighted by Gasteiger charge is -2.05. The molecule has 35 heavy (non-hydrogen) atoms. The van der Waals surface area contributed by atoms with Crippen molar-refractivity contribution in [1.29, 1.82) is 0 Å². The van der Waals surface area contributed by atoms with Crippen molar-refractivity contribution in [2.45, 2.75) is 193 Å². The Balaban J connectivity index is 1.60. The third-order valence-electron chi connectivity index (χ3n) is 7.77. The van der Waals surface area contributed by atoms with Crippen molar-refractivity contribution in [1.82, 2.24) is 0 Å². The van der Waals surface area contributed by atoms with Gasteiger partial charge >= 0.3 is 19.3 Å². The van der Waals surface area contributed by atoms with Gasteiger partial charge in [0, 0.05) is 0 Å². The van der Waals surface area contributed by atoms with Crippen molar-refractivity contribution >= 4 is 19.3 Å². The predicted octanol–water partition coefficient (Wildman–Crippen LogP) is 10.1. The number of hydrogen-bond acceptors (Lipinski definition) is 3. The second-order valence-electron chi connectivity index (χ2n) is 11.3. The van der Waals surface area contributed by atoms with Crippen molar-refractivity contribution in [3.05, 3.63) is 0 Å². The molecule has 0 spiro atoms. The van der Waals surface area contributed by atoms with Gasteiger partial charge in [-0.2, -0.15) is 0 Å². The third-order valence-corrected chi connectivity index (χ3v) is 11.5. The Morgan fingerprint density at radius 3 is 0.943 bits per heavy atom. The summed E-state index contributed by atoms with van der Waals surface area (Å²) >= 11 is 0. The highest BCUT2D eigenvalue weighted by Crippen LogP contribution is 2.17. The Hall–Kier alpha value is 0.314. The molecule has 5 heteroatoms. The molecule has 210 valence electrons. The summed E-state index contributed by atoms with van der Waals surface area (Å²) in [4.78, 5) is 0. The van der Waals surface area contributed by atoms with Crippen molar-refractivity contribution in [2.75, 3.05) is 0 Å². The number of unbranched alkanes of at least 4 members (excludes halogenated alkanes) is 27. The van der Waals surface area contributed by atoms with Gasteiger partial charge in [-0.15, -0.1) is 0 Å². The Morgan fingerprint density at radius 2 is 0.686 bits per heavy atom. The molecule has 1 rings (SSSR count). The normalized spacial score (nSPS) is 16.5. The van der Waals surface area contributed by atoms with Crippen LogP contribution < -0.4 is 0 Å². The Bertz CT molecular complexity index is 392. The fraction of sp³-hybridized carbons (Fsp3) is 1.00. The topological polar surface area (TPSA) is 27.7 Å². The second kappa shape index (κ2) is 28.9. The molecule has 0 saturated carbocycles. The van der Waals surface area contributed by atoms with E-state index >= 15 is 0 Å². The van der Waals surface area contributed by atoms with Crippen LogP contribution in [-0.4, -0.2) is 19.3 Å². The standard InChI is InChI=1S/C30H64O3Si2/c1-2-3-4-5-6-7-8-9-10-11-12-13-14-15-16-17-18-19-20-21-22-23-24-25-26-27-28-29-30-35-32-31-34-33-35/h35H,2-30,34H2,1H3. The third kappa shape index (κ3) is 25.7. The highest BCUT2D eigenvalue weighted by molar-refractivity contribution is 6.53. The molecule has 1 fully saturated rings. The lowest BCUT2D eigenvalue weighted by atomic mass is 10.0. The molecule has 1 aliphatic heterocycles. The van der Waals surface area contributed by atoms with E-state index in [4.69, 9.17) is 13.3 Å². The summed E-state index contributed by atoms with van der Waals surface area (Å²) in [5, 5.41) is 0. The summed E-state index contributed by atoms with van der Waals surface area (Å²) in [6, 6.07) is 1.15. The molecule has 0 aromatic carbocycles. The van der Waals surface area contributed by atoms with Crippen LogP contribution >= 0.6 is 0 Å². The molecular weight excluding hydrogens is 464 g/mol. The van der Waals surface area contributed by atoms with Crippen LogP contribution in [0.5, 0.6) is 0 Å². The van der Waals surface area contributed by atoms with Crippen LogP contribution in [0.15, 0.2) is 0 Å². The van der Waals surface area contributed by atoms with Gasteiger partial charge in [-0.1, -0.05) is 187 Å². The Morgan fingerprint density at radius 1 is 0.400 bits per heavy atom. The first-order valence-corrected chi connectivity index (χ1v) is 19.2. The first kappa shape index (κ1) is 33.3. The van der Waals surface area contributed by atoms with Crippen molar-refractivity contribution in [2.24, 2.45) is 0 Å². The van der Waals surface area contributed by atoms with E-state index in [1.165, 1.54) is 180 Å². The Kier molecular flexibility index (Phi) is 27.5. The fourth-order valence-corrected chi connectivity index (χ4v) is 8.61. The molecule has 0 amide bonds. The average molecular weight is 529 g/mol. The maximum absolute atomic E-state index is 5.55. The zero-order valence-electron chi connectivity index (χ0n) is 24.0. The monoisotopic (exact) mass is 528 g/mol. The fourth-order valence-electron chi connectivity index (χ4n) is 5.35. The van der Waals surface area contributed by atoms with E-state index in [9.17, 15) is 0 Å². The number of rotatable bonds is 29. The van der Waals surface area contributed by atoms with Gasteiger partial charge in [-0.05, 0) is 6.04 Å². The van der Waals surface area contributed by atoms with Crippen molar-refractivity contribution in [3.63, 3.8) is 0 Å². The van der Waals surface area contributed by atoms with Crippen LogP contribution in [0, 0.1) is 0 Å². The Labute approximate surface area is 225 Å². The predicted molar refractivity (Wildman–Crippen MR) is 159 cm³/mol. The first-order chi connectivity index (χ1) is 17.4. The summed E-state index contributed by atoms with van der Waals surface area (Å²) in [6.07, 6.45) is 40.7. The van der Waals surface area contributed by atoms with Crippen LogP contribution in [-0.2, 0) is 13.3 Å². The molecule has 1 heterocycles. The van der Waals surface area contributed by atoms with E-state index < -0.39 is 19.3 Å². The lowest BCUT2D eigenvalue weighted by Crippen LogP contribution is -2.13. The molecule has 0 N–H and O–H groups in total. The van der Waals surface area contributed by atoms with Gasteiger partial charge in [0.25, 0.3) is 0 Å². The van der Waals surface area contributed by atoms with Gasteiger partial charge < -0.3 is 4.12 Å². The van der Waals surface area contributed by atoms with E-state index in [1.54, 1.807) is 0 Å². The highest BCUT2D eigenvalue weighted by atomic mass is 28.4. The average Bonchev–Trinajstić information content (AvgIpc) is 3.39. The van der Waals surface area contributed by atoms with E-state index in [0.29, 0.717) is 0 Å². The van der Waals surface area contributed by atoms with Crippen LogP contribution in [0.3, 0.4) is 0 Å². The van der Waals surface area contributed by atoms with Gasteiger partial charge in [0.15, 0.2) is 0 Å². The smallest absolute Gasteiger partial charge is 0.349 e. The van der Waals surface area contributed by atoms with E-state index in [0.717, 1.165) is 6.04 Å². The summed E-state index contributed by atoms with van der Waals surface area (Å²) < 4.78 is 15.7. The van der Waals surface area contributed by atoms with Crippen LogP contribution in [0.1, 0.15) is 187 Å². The minimum absolute atomic E-state index is 0.740. The van der Waals surface area contributed by atoms with Gasteiger partial charge in [0.05, 0.1) is 0 Å². The minimum Gasteiger partial charge on any atom is -0.418 e. The van der Waals surface area contributed by atoms with E-state index in [1.807, 2.05) is 0 Å². The van der Waals surface area contributed by atoms with Crippen LogP contribution in [0.25, 0.3) is 0 Å². The maximum Gasteiger partial charge on any atom is 0.349 e. The molecule has 1 saturated heterocycles.